The van der Waals surface area contributed by atoms with E-state index < -0.39 is 29.0 Å². The Kier molecular flexibility index (Phi) is 6.55. The topological polar surface area (TPSA) is 81.3 Å². The zero-order valence-electron chi connectivity index (χ0n) is 16.0. The predicted octanol–water partition coefficient (Wildman–Crippen LogP) is 3.07. The van der Waals surface area contributed by atoms with Crippen molar-refractivity contribution in [3.63, 3.8) is 0 Å². The SMILES string of the molecule is CN=C(NCCc1c[nH]c2cc(F)ccc12)NCC(=O)Nc1ccc(F)c(F)c1F. The Hall–Kier alpha value is -3.56. The lowest BCUT2D eigenvalue weighted by molar-refractivity contribution is -0.115. The van der Waals surface area contributed by atoms with Crippen molar-refractivity contribution in [3.8, 4) is 0 Å². The molecule has 0 fully saturated rings. The summed E-state index contributed by atoms with van der Waals surface area (Å²) in [6.45, 7) is 0.202. The van der Waals surface area contributed by atoms with Gasteiger partial charge in [0, 0.05) is 30.7 Å². The maximum atomic E-state index is 13.6. The highest BCUT2D eigenvalue weighted by molar-refractivity contribution is 5.95. The Morgan fingerprint density at radius 3 is 2.63 bits per heavy atom. The monoisotopic (exact) mass is 421 g/mol. The van der Waals surface area contributed by atoms with Gasteiger partial charge in [-0.3, -0.25) is 9.79 Å². The van der Waals surface area contributed by atoms with E-state index in [1.807, 2.05) is 0 Å². The Bertz CT molecular complexity index is 1100. The summed E-state index contributed by atoms with van der Waals surface area (Å²) in [5.41, 5.74) is 1.23. The third kappa shape index (κ3) is 4.88. The molecule has 1 heterocycles. The summed E-state index contributed by atoms with van der Waals surface area (Å²) >= 11 is 0. The fourth-order valence-corrected chi connectivity index (χ4v) is 2.88. The number of amides is 1. The van der Waals surface area contributed by atoms with Gasteiger partial charge in [0.1, 0.15) is 5.82 Å². The molecule has 0 aliphatic carbocycles. The Labute approximate surface area is 169 Å². The summed E-state index contributed by atoms with van der Waals surface area (Å²) in [5.74, 6) is -5.13. The average molecular weight is 421 g/mol. The number of nitrogens with one attached hydrogen (secondary N) is 4. The van der Waals surface area contributed by atoms with Crippen molar-refractivity contribution in [2.45, 2.75) is 6.42 Å². The van der Waals surface area contributed by atoms with Crippen LogP contribution in [0.15, 0.2) is 41.5 Å². The number of guanidine groups is 1. The van der Waals surface area contributed by atoms with Crippen molar-refractivity contribution >= 4 is 28.5 Å². The van der Waals surface area contributed by atoms with Gasteiger partial charge in [-0.15, -0.1) is 0 Å². The molecule has 0 unspecified atom stereocenters. The molecule has 0 aliphatic rings. The van der Waals surface area contributed by atoms with E-state index in [-0.39, 0.29) is 12.4 Å². The van der Waals surface area contributed by atoms with E-state index in [4.69, 9.17) is 0 Å². The van der Waals surface area contributed by atoms with Crippen molar-refractivity contribution in [2.24, 2.45) is 4.99 Å². The van der Waals surface area contributed by atoms with Crippen LogP contribution in [-0.4, -0.2) is 37.0 Å². The molecule has 30 heavy (non-hydrogen) atoms. The number of aromatic amines is 1. The van der Waals surface area contributed by atoms with Crippen molar-refractivity contribution in [3.05, 3.63) is 65.4 Å². The molecule has 0 saturated heterocycles. The van der Waals surface area contributed by atoms with Gasteiger partial charge in [-0.2, -0.15) is 0 Å². The summed E-state index contributed by atoms with van der Waals surface area (Å²) in [6, 6.07) is 6.17. The van der Waals surface area contributed by atoms with Crippen LogP contribution < -0.4 is 16.0 Å². The first-order valence-corrected chi connectivity index (χ1v) is 9.02. The first kappa shape index (κ1) is 21.2. The minimum absolute atomic E-state index is 0.273. The molecule has 1 aromatic heterocycles. The quantitative estimate of drug-likeness (QED) is 0.214. The van der Waals surface area contributed by atoms with E-state index in [9.17, 15) is 22.4 Å². The first-order valence-electron chi connectivity index (χ1n) is 9.02. The second-order valence-electron chi connectivity index (χ2n) is 6.38. The summed E-state index contributed by atoms with van der Waals surface area (Å²) < 4.78 is 53.0. The molecule has 3 rings (SSSR count). The highest BCUT2D eigenvalue weighted by atomic mass is 19.2. The molecule has 0 saturated carbocycles. The zero-order chi connectivity index (χ0) is 21.7. The van der Waals surface area contributed by atoms with Crippen LogP contribution in [0.2, 0.25) is 0 Å². The standard InChI is InChI=1S/C20H19F4N5O/c1-25-20(26-7-6-11-9-27-16-8-12(21)2-3-13(11)16)28-10-17(30)29-15-5-4-14(22)18(23)19(15)24/h2-5,8-9,27H,6-7,10H2,1H3,(H,29,30)(H2,25,26,28). The maximum Gasteiger partial charge on any atom is 0.243 e. The van der Waals surface area contributed by atoms with Crippen LogP contribution in [0.25, 0.3) is 10.9 Å². The molecule has 6 nitrogen and oxygen atoms in total. The fraction of sp³-hybridized carbons (Fsp3) is 0.200. The van der Waals surface area contributed by atoms with Crippen LogP contribution in [0.5, 0.6) is 0 Å². The highest BCUT2D eigenvalue weighted by Gasteiger charge is 2.15. The second kappa shape index (κ2) is 9.29. The number of carbonyl (C=O) groups excluding carboxylic acids is 1. The van der Waals surface area contributed by atoms with Gasteiger partial charge in [0.05, 0.1) is 12.2 Å². The highest BCUT2D eigenvalue weighted by Crippen LogP contribution is 2.20. The van der Waals surface area contributed by atoms with Gasteiger partial charge in [-0.1, -0.05) is 0 Å². The molecular formula is C20H19F4N5O. The number of anilines is 1. The lowest BCUT2D eigenvalue weighted by atomic mass is 10.1. The minimum Gasteiger partial charge on any atom is -0.361 e. The summed E-state index contributed by atoms with van der Waals surface area (Å²) in [4.78, 5) is 18.9. The number of hydrogen-bond donors (Lipinski definition) is 4. The fourth-order valence-electron chi connectivity index (χ4n) is 2.88. The number of fused-ring (bicyclic) bond motifs is 1. The van der Waals surface area contributed by atoms with Crippen LogP contribution >= 0.6 is 0 Å². The summed E-state index contributed by atoms with van der Waals surface area (Å²) in [5, 5.41) is 8.83. The Balaban J connectivity index is 1.48. The number of nitrogens with zero attached hydrogens (tertiary/aromatic N) is 1. The molecule has 3 aromatic rings. The van der Waals surface area contributed by atoms with Crippen molar-refractivity contribution in [1.82, 2.24) is 15.6 Å². The number of halogens is 4. The first-order chi connectivity index (χ1) is 14.4. The molecule has 0 spiro atoms. The smallest absolute Gasteiger partial charge is 0.243 e. The second-order valence-corrected chi connectivity index (χ2v) is 6.38. The lowest BCUT2D eigenvalue weighted by Gasteiger charge is -2.12. The van der Waals surface area contributed by atoms with Crippen LogP contribution in [0.3, 0.4) is 0 Å². The van der Waals surface area contributed by atoms with E-state index in [1.165, 1.54) is 19.2 Å². The largest absolute Gasteiger partial charge is 0.361 e. The normalized spacial score (nSPS) is 11.6. The van der Waals surface area contributed by atoms with E-state index in [0.29, 0.717) is 24.4 Å². The number of benzene rings is 2. The van der Waals surface area contributed by atoms with Gasteiger partial charge in [-0.25, -0.2) is 17.6 Å². The number of H-pyrrole nitrogens is 1. The van der Waals surface area contributed by atoms with Crippen LogP contribution in [-0.2, 0) is 11.2 Å². The van der Waals surface area contributed by atoms with Gasteiger partial charge in [0.25, 0.3) is 0 Å². The predicted molar refractivity (Wildman–Crippen MR) is 106 cm³/mol. The average Bonchev–Trinajstić information content (AvgIpc) is 3.12. The van der Waals surface area contributed by atoms with Gasteiger partial charge >= 0.3 is 0 Å². The molecule has 0 bridgehead atoms. The lowest BCUT2D eigenvalue weighted by Crippen LogP contribution is -2.42. The Morgan fingerprint density at radius 2 is 1.87 bits per heavy atom. The van der Waals surface area contributed by atoms with E-state index in [2.05, 4.69) is 25.9 Å². The van der Waals surface area contributed by atoms with Crippen molar-refractivity contribution in [1.29, 1.82) is 0 Å². The molecule has 4 N–H and O–H groups in total. The van der Waals surface area contributed by atoms with E-state index in [1.54, 1.807) is 12.3 Å². The number of hydrogen-bond acceptors (Lipinski definition) is 2. The van der Waals surface area contributed by atoms with Gasteiger partial charge in [0.15, 0.2) is 23.4 Å². The number of rotatable bonds is 6. The molecule has 0 radical (unpaired) electrons. The zero-order valence-corrected chi connectivity index (χ0v) is 16.0. The summed E-state index contributed by atoms with van der Waals surface area (Å²) in [6.07, 6.45) is 2.41. The van der Waals surface area contributed by atoms with Crippen LogP contribution in [0.4, 0.5) is 23.2 Å². The molecule has 0 aliphatic heterocycles. The molecule has 2 aromatic carbocycles. The third-order valence-electron chi connectivity index (χ3n) is 4.37. The van der Waals surface area contributed by atoms with Gasteiger partial charge in [-0.05, 0) is 42.3 Å². The van der Waals surface area contributed by atoms with Gasteiger partial charge in [0.2, 0.25) is 5.91 Å². The maximum absolute atomic E-state index is 13.6. The molecule has 0 atom stereocenters. The molecular weight excluding hydrogens is 402 g/mol. The molecule has 158 valence electrons. The van der Waals surface area contributed by atoms with Crippen LogP contribution in [0, 0.1) is 23.3 Å². The van der Waals surface area contributed by atoms with Gasteiger partial charge < -0.3 is 20.9 Å². The third-order valence-corrected chi connectivity index (χ3v) is 4.37. The van der Waals surface area contributed by atoms with Crippen molar-refractivity contribution < 1.29 is 22.4 Å². The van der Waals surface area contributed by atoms with Crippen molar-refractivity contribution in [2.75, 3.05) is 25.5 Å². The summed E-state index contributed by atoms with van der Waals surface area (Å²) in [7, 11) is 1.51. The number of aliphatic imine (C=N–C) groups is 1. The van der Waals surface area contributed by atoms with Crippen LogP contribution in [0.1, 0.15) is 5.56 Å². The number of aromatic nitrogens is 1. The minimum atomic E-state index is -1.65. The molecule has 1 amide bonds. The number of carbonyl (C=O) groups is 1. The van der Waals surface area contributed by atoms with E-state index >= 15 is 0 Å². The molecule has 10 heteroatoms. The van der Waals surface area contributed by atoms with E-state index in [0.717, 1.165) is 23.1 Å². The Morgan fingerprint density at radius 1 is 1.07 bits per heavy atom.